The zero-order valence-electron chi connectivity index (χ0n) is 21.3. The van der Waals surface area contributed by atoms with E-state index in [-0.39, 0.29) is 24.3 Å². The summed E-state index contributed by atoms with van der Waals surface area (Å²) in [5.74, 6) is 0.00150. The van der Waals surface area contributed by atoms with Crippen LogP contribution >= 0.6 is 0 Å². The topological polar surface area (TPSA) is 30.5 Å². The SMILES string of the molecule is CCCCC(NC(c1ccccc1)(c1ccccc1)c1ccccc1)B1OC(C)(C)C(C)(C)O1. The molecule has 0 aromatic heterocycles. The average Bonchev–Trinajstić information content (AvgIpc) is 3.07. The molecule has 0 radical (unpaired) electrons. The molecule has 3 nitrogen and oxygen atoms in total. The van der Waals surface area contributed by atoms with Crippen LogP contribution in [0, 0.1) is 0 Å². The normalized spacial score (nSPS) is 18.1. The van der Waals surface area contributed by atoms with Gasteiger partial charge in [0.25, 0.3) is 0 Å². The van der Waals surface area contributed by atoms with E-state index >= 15 is 0 Å². The van der Waals surface area contributed by atoms with Crippen molar-refractivity contribution in [2.75, 3.05) is 0 Å². The predicted octanol–water partition coefficient (Wildman–Crippen LogP) is 6.76. The van der Waals surface area contributed by atoms with E-state index < -0.39 is 5.54 Å². The fraction of sp³-hybridized carbons (Fsp3) is 0.400. The number of rotatable bonds is 9. The van der Waals surface area contributed by atoms with E-state index in [1.807, 2.05) is 0 Å². The highest BCUT2D eigenvalue weighted by Gasteiger charge is 2.55. The van der Waals surface area contributed by atoms with Crippen molar-refractivity contribution in [2.24, 2.45) is 0 Å². The van der Waals surface area contributed by atoms with Crippen molar-refractivity contribution in [3.8, 4) is 0 Å². The van der Waals surface area contributed by atoms with Crippen LogP contribution in [0.1, 0.15) is 70.6 Å². The molecule has 0 amide bonds. The van der Waals surface area contributed by atoms with E-state index in [0.717, 1.165) is 19.3 Å². The Balaban J connectivity index is 1.87. The lowest BCUT2D eigenvalue weighted by Gasteiger charge is -2.40. The van der Waals surface area contributed by atoms with Crippen LogP contribution in [-0.2, 0) is 14.8 Å². The molecule has 4 rings (SSSR count). The quantitative estimate of drug-likeness (QED) is 0.286. The molecule has 4 heteroatoms. The van der Waals surface area contributed by atoms with Gasteiger partial charge in [0.1, 0.15) is 0 Å². The van der Waals surface area contributed by atoms with Gasteiger partial charge in [-0.15, -0.1) is 0 Å². The van der Waals surface area contributed by atoms with Gasteiger partial charge < -0.3 is 9.31 Å². The zero-order chi connectivity index (χ0) is 24.2. The highest BCUT2D eigenvalue weighted by molar-refractivity contribution is 6.47. The molecule has 0 aliphatic carbocycles. The molecule has 1 aliphatic rings. The van der Waals surface area contributed by atoms with Crippen LogP contribution in [0.5, 0.6) is 0 Å². The fourth-order valence-corrected chi connectivity index (χ4v) is 4.85. The number of hydrogen-bond donors (Lipinski definition) is 1. The summed E-state index contributed by atoms with van der Waals surface area (Å²) in [4.78, 5) is 0. The number of nitrogens with one attached hydrogen (secondary N) is 1. The Morgan fingerprint density at radius 1 is 0.706 bits per heavy atom. The van der Waals surface area contributed by atoms with E-state index in [4.69, 9.17) is 9.31 Å². The van der Waals surface area contributed by atoms with Gasteiger partial charge in [-0.3, -0.25) is 5.32 Å². The maximum atomic E-state index is 6.59. The summed E-state index contributed by atoms with van der Waals surface area (Å²) in [6.07, 6.45) is 3.17. The van der Waals surface area contributed by atoms with Crippen molar-refractivity contribution in [1.29, 1.82) is 0 Å². The van der Waals surface area contributed by atoms with Gasteiger partial charge in [0, 0.05) is 5.94 Å². The molecule has 1 saturated heterocycles. The largest absolute Gasteiger partial charge is 0.476 e. The first kappa shape index (κ1) is 24.7. The van der Waals surface area contributed by atoms with Gasteiger partial charge in [0.2, 0.25) is 0 Å². The Morgan fingerprint density at radius 2 is 1.09 bits per heavy atom. The zero-order valence-corrected chi connectivity index (χ0v) is 21.3. The summed E-state index contributed by atoms with van der Waals surface area (Å²) in [7, 11) is -0.341. The Kier molecular flexibility index (Phi) is 7.32. The van der Waals surface area contributed by atoms with Crippen LogP contribution in [0.2, 0.25) is 0 Å². The highest BCUT2D eigenvalue weighted by atomic mass is 16.7. The van der Waals surface area contributed by atoms with Crippen LogP contribution in [0.25, 0.3) is 0 Å². The standard InChI is InChI=1S/C30H38BNO2/c1-6-7-23-27(31-33-28(2,3)29(4,5)34-31)32-30(24-17-11-8-12-18-24,25-19-13-9-14-20-25)26-21-15-10-16-22-26/h8-22,27,32H,6-7,23H2,1-5H3. The third kappa shape index (κ3) is 4.72. The Hall–Kier alpha value is -2.40. The second-order valence-corrected chi connectivity index (χ2v) is 10.4. The van der Waals surface area contributed by atoms with Crippen molar-refractivity contribution < 1.29 is 9.31 Å². The molecule has 1 N–H and O–H groups in total. The molecular weight excluding hydrogens is 417 g/mol. The number of unbranched alkanes of at least 4 members (excludes halogenated alkanes) is 1. The summed E-state index contributed by atoms with van der Waals surface area (Å²) in [5.41, 5.74) is 2.30. The van der Waals surface area contributed by atoms with Crippen LogP contribution in [0.3, 0.4) is 0 Å². The molecular formula is C30H38BNO2. The summed E-state index contributed by atoms with van der Waals surface area (Å²) >= 11 is 0. The molecule has 3 aromatic carbocycles. The molecule has 0 saturated carbocycles. The van der Waals surface area contributed by atoms with Crippen molar-refractivity contribution >= 4 is 7.12 Å². The third-order valence-electron chi connectivity index (χ3n) is 7.49. The Labute approximate surface area is 206 Å². The maximum absolute atomic E-state index is 6.59. The molecule has 1 fully saturated rings. The lowest BCUT2D eigenvalue weighted by Crippen LogP contribution is -2.56. The summed E-state index contributed by atoms with van der Waals surface area (Å²) in [6, 6.07) is 32.2. The summed E-state index contributed by atoms with van der Waals surface area (Å²) in [5, 5.41) is 4.12. The van der Waals surface area contributed by atoms with Crippen LogP contribution < -0.4 is 5.32 Å². The van der Waals surface area contributed by atoms with Gasteiger partial charge >= 0.3 is 7.12 Å². The minimum atomic E-state index is -0.550. The van der Waals surface area contributed by atoms with Crippen LogP contribution in [-0.4, -0.2) is 24.3 Å². The van der Waals surface area contributed by atoms with Crippen LogP contribution in [0.4, 0.5) is 0 Å². The average molecular weight is 455 g/mol. The van der Waals surface area contributed by atoms with E-state index in [1.54, 1.807) is 0 Å². The second-order valence-electron chi connectivity index (χ2n) is 10.4. The predicted molar refractivity (Wildman–Crippen MR) is 142 cm³/mol. The van der Waals surface area contributed by atoms with E-state index in [9.17, 15) is 0 Å². The van der Waals surface area contributed by atoms with E-state index in [2.05, 4.69) is 131 Å². The van der Waals surface area contributed by atoms with Crippen molar-refractivity contribution in [3.05, 3.63) is 108 Å². The summed E-state index contributed by atoms with van der Waals surface area (Å²) < 4.78 is 13.2. The first-order chi connectivity index (χ1) is 16.3. The molecule has 3 aromatic rings. The summed E-state index contributed by atoms with van der Waals surface area (Å²) in [6.45, 7) is 10.7. The van der Waals surface area contributed by atoms with Crippen LogP contribution in [0.15, 0.2) is 91.0 Å². The van der Waals surface area contributed by atoms with Gasteiger partial charge in [-0.05, 0) is 50.8 Å². The molecule has 0 spiro atoms. The maximum Gasteiger partial charge on any atom is 0.476 e. The van der Waals surface area contributed by atoms with E-state index in [1.165, 1.54) is 16.7 Å². The lowest BCUT2D eigenvalue weighted by molar-refractivity contribution is 0.00578. The van der Waals surface area contributed by atoms with Crippen molar-refractivity contribution in [1.82, 2.24) is 5.32 Å². The van der Waals surface area contributed by atoms with Gasteiger partial charge in [-0.1, -0.05) is 111 Å². The van der Waals surface area contributed by atoms with E-state index in [0.29, 0.717) is 0 Å². The molecule has 1 unspecified atom stereocenters. The fourth-order valence-electron chi connectivity index (χ4n) is 4.85. The second kappa shape index (κ2) is 10.1. The number of hydrogen-bond acceptors (Lipinski definition) is 3. The first-order valence-electron chi connectivity index (χ1n) is 12.6. The molecule has 0 bridgehead atoms. The minimum Gasteiger partial charge on any atom is -0.402 e. The van der Waals surface area contributed by atoms with Gasteiger partial charge in [0.15, 0.2) is 0 Å². The molecule has 1 heterocycles. The molecule has 34 heavy (non-hydrogen) atoms. The first-order valence-corrected chi connectivity index (χ1v) is 12.6. The van der Waals surface area contributed by atoms with Crippen molar-refractivity contribution in [3.63, 3.8) is 0 Å². The molecule has 1 aliphatic heterocycles. The van der Waals surface area contributed by atoms with Gasteiger partial charge in [-0.25, -0.2) is 0 Å². The molecule has 178 valence electrons. The highest BCUT2D eigenvalue weighted by Crippen LogP contribution is 2.41. The number of benzene rings is 3. The minimum absolute atomic E-state index is 0.00150. The Morgan fingerprint density at radius 3 is 1.44 bits per heavy atom. The monoisotopic (exact) mass is 455 g/mol. The van der Waals surface area contributed by atoms with Gasteiger partial charge in [0.05, 0.1) is 16.7 Å². The lowest BCUT2D eigenvalue weighted by atomic mass is 9.70. The molecule has 1 atom stereocenters. The third-order valence-corrected chi connectivity index (χ3v) is 7.49. The smallest absolute Gasteiger partial charge is 0.402 e. The Bertz CT molecular complexity index is 925. The van der Waals surface area contributed by atoms with Crippen molar-refractivity contribution in [2.45, 2.75) is 76.6 Å². The van der Waals surface area contributed by atoms with Gasteiger partial charge in [-0.2, -0.15) is 0 Å².